The maximum atomic E-state index is 5.99. The molecule has 2 atom stereocenters. The molecule has 0 aliphatic heterocycles. The lowest BCUT2D eigenvalue weighted by Crippen LogP contribution is -2.35. The predicted molar refractivity (Wildman–Crippen MR) is 73.5 cm³/mol. The maximum Gasteiger partial charge on any atom is 0.0595 e. The summed E-state index contributed by atoms with van der Waals surface area (Å²) in [4.78, 5) is 0. The fourth-order valence-corrected chi connectivity index (χ4v) is 2.81. The van der Waals surface area contributed by atoms with E-state index in [1.807, 2.05) is 18.2 Å². The second-order valence-electron chi connectivity index (χ2n) is 4.66. The summed E-state index contributed by atoms with van der Waals surface area (Å²) in [5, 5.41) is 4.79. The standard InChI is InChI=1S/C13H18Cl2N2/c14-11-5-4-9(6-12(11)15)8-17-13-3-1-2-10(13)7-16/h4-6,10,13,17H,1-3,7-8,16H2/t10-,13-/m1/s1. The van der Waals surface area contributed by atoms with Crippen LogP contribution in [0.2, 0.25) is 10.0 Å². The molecule has 0 radical (unpaired) electrons. The molecule has 2 rings (SSSR count). The number of halogens is 2. The highest BCUT2D eigenvalue weighted by Crippen LogP contribution is 2.26. The summed E-state index contributed by atoms with van der Waals surface area (Å²) in [7, 11) is 0. The number of benzene rings is 1. The van der Waals surface area contributed by atoms with Gasteiger partial charge in [0.15, 0.2) is 0 Å². The van der Waals surface area contributed by atoms with E-state index in [1.165, 1.54) is 24.8 Å². The van der Waals surface area contributed by atoms with E-state index >= 15 is 0 Å². The molecule has 4 heteroatoms. The molecule has 1 saturated carbocycles. The molecule has 94 valence electrons. The van der Waals surface area contributed by atoms with Crippen molar-refractivity contribution in [2.45, 2.75) is 31.8 Å². The van der Waals surface area contributed by atoms with Gasteiger partial charge in [0.1, 0.15) is 0 Å². The van der Waals surface area contributed by atoms with Gasteiger partial charge in [0.05, 0.1) is 10.0 Å². The molecule has 1 aliphatic carbocycles. The Morgan fingerprint density at radius 1 is 1.24 bits per heavy atom. The molecule has 1 aliphatic rings. The van der Waals surface area contributed by atoms with E-state index in [4.69, 9.17) is 28.9 Å². The van der Waals surface area contributed by atoms with Crippen molar-refractivity contribution in [3.63, 3.8) is 0 Å². The first-order chi connectivity index (χ1) is 8.20. The molecule has 1 aromatic carbocycles. The smallest absolute Gasteiger partial charge is 0.0595 e. The number of nitrogens with one attached hydrogen (secondary N) is 1. The van der Waals surface area contributed by atoms with Crippen molar-refractivity contribution in [3.8, 4) is 0 Å². The largest absolute Gasteiger partial charge is 0.330 e. The molecule has 0 amide bonds. The Kier molecular flexibility index (Phi) is 4.69. The summed E-state index contributed by atoms with van der Waals surface area (Å²) in [6, 6.07) is 6.32. The third kappa shape index (κ3) is 3.35. The minimum atomic E-state index is 0.550. The van der Waals surface area contributed by atoms with E-state index in [1.54, 1.807) is 0 Å². The van der Waals surface area contributed by atoms with Crippen molar-refractivity contribution in [3.05, 3.63) is 33.8 Å². The van der Waals surface area contributed by atoms with Crippen molar-refractivity contribution >= 4 is 23.2 Å². The van der Waals surface area contributed by atoms with Crippen LogP contribution in [-0.4, -0.2) is 12.6 Å². The van der Waals surface area contributed by atoms with Crippen LogP contribution < -0.4 is 11.1 Å². The molecular weight excluding hydrogens is 255 g/mol. The lowest BCUT2D eigenvalue weighted by Gasteiger charge is -2.19. The van der Waals surface area contributed by atoms with Crippen LogP contribution in [0.15, 0.2) is 18.2 Å². The van der Waals surface area contributed by atoms with Crippen LogP contribution in [-0.2, 0) is 6.54 Å². The summed E-state index contributed by atoms with van der Waals surface area (Å²) in [5.41, 5.74) is 6.93. The van der Waals surface area contributed by atoms with Crippen molar-refractivity contribution < 1.29 is 0 Å². The van der Waals surface area contributed by atoms with E-state index < -0.39 is 0 Å². The average Bonchev–Trinajstić information content (AvgIpc) is 2.78. The summed E-state index contributed by atoms with van der Waals surface area (Å²) in [6.07, 6.45) is 3.75. The minimum absolute atomic E-state index is 0.550. The molecule has 0 spiro atoms. The molecule has 1 aromatic rings. The van der Waals surface area contributed by atoms with Gasteiger partial charge < -0.3 is 11.1 Å². The van der Waals surface area contributed by atoms with Gasteiger partial charge in [-0.25, -0.2) is 0 Å². The van der Waals surface area contributed by atoms with Gasteiger partial charge in [0.2, 0.25) is 0 Å². The molecule has 0 aromatic heterocycles. The molecule has 0 heterocycles. The van der Waals surface area contributed by atoms with E-state index in [-0.39, 0.29) is 0 Å². The Hall–Kier alpha value is -0.280. The SMILES string of the molecule is NC[C@H]1CCC[C@H]1NCc1ccc(Cl)c(Cl)c1. The van der Waals surface area contributed by atoms with Crippen LogP contribution in [0, 0.1) is 5.92 Å². The van der Waals surface area contributed by atoms with Crippen LogP contribution >= 0.6 is 23.2 Å². The van der Waals surface area contributed by atoms with Gasteiger partial charge in [-0.05, 0) is 43.0 Å². The van der Waals surface area contributed by atoms with Gasteiger partial charge >= 0.3 is 0 Å². The van der Waals surface area contributed by atoms with Crippen LogP contribution in [0.5, 0.6) is 0 Å². The number of rotatable bonds is 4. The highest BCUT2D eigenvalue weighted by molar-refractivity contribution is 6.42. The van der Waals surface area contributed by atoms with Gasteiger partial charge in [-0.2, -0.15) is 0 Å². The molecule has 1 fully saturated rings. The normalized spacial score (nSPS) is 24.2. The van der Waals surface area contributed by atoms with Crippen molar-refractivity contribution in [1.82, 2.24) is 5.32 Å². The minimum Gasteiger partial charge on any atom is -0.330 e. The molecule has 3 N–H and O–H groups in total. The van der Waals surface area contributed by atoms with Crippen molar-refractivity contribution in [2.24, 2.45) is 11.7 Å². The summed E-state index contributed by atoms with van der Waals surface area (Å²) in [6.45, 7) is 1.61. The Bertz CT molecular complexity index is 382. The summed E-state index contributed by atoms with van der Waals surface area (Å²) < 4.78 is 0. The molecule has 17 heavy (non-hydrogen) atoms. The molecular formula is C13H18Cl2N2. The Balaban J connectivity index is 1.91. The van der Waals surface area contributed by atoms with E-state index in [9.17, 15) is 0 Å². The zero-order chi connectivity index (χ0) is 12.3. The van der Waals surface area contributed by atoms with Crippen LogP contribution in [0.3, 0.4) is 0 Å². The molecule has 0 bridgehead atoms. The van der Waals surface area contributed by atoms with E-state index in [0.29, 0.717) is 22.0 Å². The van der Waals surface area contributed by atoms with Crippen LogP contribution in [0.25, 0.3) is 0 Å². The summed E-state index contributed by atoms with van der Waals surface area (Å²) >= 11 is 11.9. The monoisotopic (exact) mass is 272 g/mol. The number of hydrogen-bond acceptors (Lipinski definition) is 2. The fourth-order valence-electron chi connectivity index (χ4n) is 2.49. The lowest BCUT2D eigenvalue weighted by molar-refractivity contribution is 0.406. The molecule has 2 nitrogen and oxygen atoms in total. The first-order valence-corrected chi connectivity index (χ1v) is 6.83. The van der Waals surface area contributed by atoms with Gasteiger partial charge in [0.25, 0.3) is 0 Å². The first kappa shape index (κ1) is 13.2. The zero-order valence-corrected chi connectivity index (χ0v) is 11.3. The third-order valence-corrected chi connectivity index (χ3v) is 4.25. The van der Waals surface area contributed by atoms with Crippen molar-refractivity contribution in [2.75, 3.05) is 6.54 Å². The lowest BCUT2D eigenvalue weighted by atomic mass is 10.0. The van der Waals surface area contributed by atoms with Crippen LogP contribution in [0.1, 0.15) is 24.8 Å². The predicted octanol–water partition coefficient (Wildman–Crippen LogP) is 3.21. The van der Waals surface area contributed by atoms with Gasteiger partial charge in [0, 0.05) is 12.6 Å². The zero-order valence-electron chi connectivity index (χ0n) is 9.76. The maximum absolute atomic E-state index is 5.99. The van der Waals surface area contributed by atoms with Crippen LogP contribution in [0.4, 0.5) is 0 Å². The highest BCUT2D eigenvalue weighted by atomic mass is 35.5. The van der Waals surface area contributed by atoms with Crippen molar-refractivity contribution in [1.29, 1.82) is 0 Å². The first-order valence-electron chi connectivity index (χ1n) is 6.08. The van der Waals surface area contributed by atoms with E-state index in [0.717, 1.165) is 13.1 Å². The molecule has 0 saturated heterocycles. The molecule has 0 unspecified atom stereocenters. The average molecular weight is 273 g/mol. The third-order valence-electron chi connectivity index (χ3n) is 3.51. The topological polar surface area (TPSA) is 38.0 Å². The van der Waals surface area contributed by atoms with Gasteiger partial charge in [-0.15, -0.1) is 0 Å². The second-order valence-corrected chi connectivity index (χ2v) is 5.48. The van der Waals surface area contributed by atoms with Gasteiger partial charge in [-0.3, -0.25) is 0 Å². The number of hydrogen-bond donors (Lipinski definition) is 2. The Labute approximate surface area is 112 Å². The Morgan fingerprint density at radius 3 is 2.76 bits per heavy atom. The van der Waals surface area contributed by atoms with Gasteiger partial charge in [-0.1, -0.05) is 35.7 Å². The fraction of sp³-hybridized carbons (Fsp3) is 0.538. The quantitative estimate of drug-likeness (QED) is 0.884. The van der Waals surface area contributed by atoms with E-state index in [2.05, 4.69) is 5.32 Å². The summed E-state index contributed by atoms with van der Waals surface area (Å²) in [5.74, 6) is 0.623. The Morgan fingerprint density at radius 2 is 2.06 bits per heavy atom. The number of nitrogens with two attached hydrogens (primary N) is 1. The second kappa shape index (κ2) is 6.05. The highest BCUT2D eigenvalue weighted by Gasteiger charge is 2.25.